The Morgan fingerprint density at radius 3 is 2.41 bits per heavy atom. The van der Waals surface area contributed by atoms with Crippen molar-refractivity contribution in [2.45, 2.75) is 16.2 Å². The maximum atomic E-state index is 13.7. The van der Waals surface area contributed by atoms with E-state index in [1.54, 1.807) is 36.4 Å². The molecule has 3 unspecified atom stereocenters. The van der Waals surface area contributed by atoms with Gasteiger partial charge in [-0.1, -0.05) is 58.4 Å². The second-order valence-electron chi connectivity index (χ2n) is 9.27. The lowest BCUT2D eigenvalue weighted by molar-refractivity contribution is -0.122. The van der Waals surface area contributed by atoms with Crippen LogP contribution in [0.2, 0.25) is 10.0 Å². The molecular formula is C28H18Cl2FN3O5S2. The van der Waals surface area contributed by atoms with Crippen molar-refractivity contribution in [3.8, 4) is 5.75 Å². The maximum absolute atomic E-state index is 13.7. The number of rotatable bonds is 6. The minimum Gasteiger partial charge on any atom is -0.484 e. The third-order valence-corrected chi connectivity index (χ3v) is 9.86. The van der Waals surface area contributed by atoms with Crippen LogP contribution in [0, 0.1) is 11.7 Å². The Morgan fingerprint density at radius 1 is 0.976 bits per heavy atom. The largest absolute Gasteiger partial charge is 0.484 e. The molecule has 0 spiro atoms. The van der Waals surface area contributed by atoms with Crippen LogP contribution in [0.25, 0.3) is 0 Å². The van der Waals surface area contributed by atoms with E-state index in [1.807, 2.05) is 0 Å². The van der Waals surface area contributed by atoms with Gasteiger partial charge >= 0.3 is 4.87 Å². The lowest BCUT2D eigenvalue weighted by Crippen LogP contribution is -2.32. The van der Waals surface area contributed by atoms with E-state index in [4.69, 9.17) is 27.9 Å². The molecule has 13 heteroatoms. The summed E-state index contributed by atoms with van der Waals surface area (Å²) in [5.74, 6) is -2.68. The van der Waals surface area contributed by atoms with Crippen LogP contribution < -0.4 is 19.8 Å². The van der Waals surface area contributed by atoms with Crippen LogP contribution in [-0.4, -0.2) is 34.6 Å². The first-order valence-electron chi connectivity index (χ1n) is 12.2. The molecule has 1 saturated heterocycles. The fourth-order valence-corrected chi connectivity index (χ4v) is 7.73. The number of halogens is 3. The average Bonchev–Trinajstić information content (AvgIpc) is 3.44. The number of imide groups is 1. The van der Waals surface area contributed by atoms with Crippen molar-refractivity contribution in [3.63, 3.8) is 0 Å². The van der Waals surface area contributed by atoms with Gasteiger partial charge in [0, 0.05) is 16.5 Å². The Labute approximate surface area is 250 Å². The predicted octanol–water partition coefficient (Wildman–Crippen LogP) is 5.70. The number of nitrogens with zero attached hydrogens (tertiary/aromatic N) is 1. The molecule has 8 nitrogen and oxygen atoms in total. The van der Waals surface area contributed by atoms with E-state index in [2.05, 4.69) is 10.3 Å². The summed E-state index contributed by atoms with van der Waals surface area (Å²) in [5.41, 5.74) is 1.46. The Kier molecular flexibility index (Phi) is 7.37. The van der Waals surface area contributed by atoms with Gasteiger partial charge < -0.3 is 15.0 Å². The molecule has 3 atom stereocenters. The lowest BCUT2D eigenvalue weighted by Gasteiger charge is -2.29. The van der Waals surface area contributed by atoms with Gasteiger partial charge in [0.05, 0.1) is 26.7 Å². The highest BCUT2D eigenvalue weighted by Crippen LogP contribution is 2.53. The second-order valence-corrected chi connectivity index (χ2v) is 12.3. The van der Waals surface area contributed by atoms with Crippen LogP contribution in [0.4, 0.5) is 15.8 Å². The summed E-state index contributed by atoms with van der Waals surface area (Å²) >= 11 is 14.1. The number of benzene rings is 3. The standard InChI is InChI=1S/C28H18Cl2FN3O5S2/c29-18-10-5-15(11-19(18)30)32-20(35)12-39-17-8-1-13(2-9-17)21-22-24(40-25-23(21)41-28(38)33-25)27(37)34(26(22)36)16-6-3-14(31)4-7-16/h1-11,21-22,24H,12H2,(H,32,35)(H,33,38). The number of aromatic nitrogens is 1. The molecule has 0 saturated carbocycles. The number of hydrogen-bond acceptors (Lipinski definition) is 7. The number of amides is 3. The first kappa shape index (κ1) is 27.5. The normalized spacial score (nSPS) is 19.6. The van der Waals surface area contributed by atoms with E-state index < -0.39 is 40.6 Å². The molecule has 0 radical (unpaired) electrons. The lowest BCUT2D eigenvalue weighted by atomic mass is 9.83. The highest BCUT2D eigenvalue weighted by Gasteiger charge is 2.56. The maximum Gasteiger partial charge on any atom is 0.305 e. The smallest absolute Gasteiger partial charge is 0.305 e. The van der Waals surface area contributed by atoms with Gasteiger partial charge in [0.2, 0.25) is 11.8 Å². The van der Waals surface area contributed by atoms with Crippen molar-refractivity contribution in [1.29, 1.82) is 0 Å². The number of thioether (sulfide) groups is 1. The Balaban J connectivity index is 1.23. The number of carbonyl (C=O) groups excluding carboxylic acids is 3. The van der Waals surface area contributed by atoms with E-state index in [0.717, 1.165) is 28.0 Å². The molecule has 3 aromatic carbocycles. The molecule has 2 aliphatic rings. The summed E-state index contributed by atoms with van der Waals surface area (Å²) in [6, 6.07) is 16.7. The number of anilines is 2. The Bertz CT molecular complexity index is 1740. The molecular weight excluding hydrogens is 612 g/mol. The van der Waals surface area contributed by atoms with Crippen LogP contribution in [-0.2, 0) is 14.4 Å². The molecule has 6 rings (SSSR count). The molecule has 1 fully saturated rings. The summed E-state index contributed by atoms with van der Waals surface area (Å²) in [7, 11) is 0. The molecule has 208 valence electrons. The zero-order valence-corrected chi connectivity index (χ0v) is 23.9. The van der Waals surface area contributed by atoms with E-state index in [1.165, 1.54) is 30.3 Å². The number of carbonyl (C=O) groups is 3. The summed E-state index contributed by atoms with van der Waals surface area (Å²) in [6.07, 6.45) is 0. The number of thiazole rings is 1. The second kappa shape index (κ2) is 11.0. The molecule has 3 heterocycles. The highest BCUT2D eigenvalue weighted by atomic mass is 35.5. The van der Waals surface area contributed by atoms with Gasteiger partial charge in [-0.25, -0.2) is 9.29 Å². The van der Waals surface area contributed by atoms with Crippen molar-refractivity contribution >= 4 is 75.4 Å². The van der Waals surface area contributed by atoms with E-state index in [9.17, 15) is 23.6 Å². The fraction of sp³-hybridized carbons (Fsp3) is 0.143. The van der Waals surface area contributed by atoms with Gasteiger partial charge in [-0.15, -0.1) is 0 Å². The van der Waals surface area contributed by atoms with Gasteiger partial charge in [-0.05, 0) is 60.2 Å². The van der Waals surface area contributed by atoms with Gasteiger partial charge in [0.25, 0.3) is 5.91 Å². The molecule has 0 aliphatic carbocycles. The zero-order valence-electron chi connectivity index (χ0n) is 20.7. The first-order chi connectivity index (χ1) is 19.7. The molecule has 2 aliphatic heterocycles. The van der Waals surface area contributed by atoms with Crippen molar-refractivity contribution < 1.29 is 23.5 Å². The van der Waals surface area contributed by atoms with E-state index >= 15 is 0 Å². The van der Waals surface area contributed by atoms with Crippen LogP contribution in [0.1, 0.15) is 16.4 Å². The molecule has 0 bridgehead atoms. The highest BCUT2D eigenvalue weighted by molar-refractivity contribution is 8.00. The topological polar surface area (TPSA) is 109 Å². The minimum absolute atomic E-state index is 0.270. The van der Waals surface area contributed by atoms with Gasteiger partial charge in [0.1, 0.15) is 16.8 Å². The quantitative estimate of drug-likeness (QED) is 0.265. The SMILES string of the molecule is O=C(COc1ccc(C2c3sc(=O)[nH]c3SC3C(=O)N(c4ccc(F)cc4)C(=O)C32)cc1)Nc1ccc(Cl)c(Cl)c1. The van der Waals surface area contributed by atoms with Gasteiger partial charge in [-0.2, -0.15) is 0 Å². The van der Waals surface area contributed by atoms with Crippen LogP contribution in [0.15, 0.2) is 76.6 Å². The number of aromatic amines is 1. The molecule has 41 heavy (non-hydrogen) atoms. The number of hydrogen-bond donors (Lipinski definition) is 2. The third-order valence-electron chi connectivity index (χ3n) is 6.72. The predicted molar refractivity (Wildman–Crippen MR) is 156 cm³/mol. The summed E-state index contributed by atoms with van der Waals surface area (Å²) < 4.78 is 19.1. The van der Waals surface area contributed by atoms with Crippen molar-refractivity contribution in [1.82, 2.24) is 4.98 Å². The fourth-order valence-electron chi connectivity index (χ4n) is 4.91. The Hall–Kier alpha value is -3.64. The van der Waals surface area contributed by atoms with Gasteiger partial charge in [0.15, 0.2) is 6.61 Å². The number of nitrogens with one attached hydrogen (secondary N) is 2. The monoisotopic (exact) mass is 629 g/mol. The first-order valence-corrected chi connectivity index (χ1v) is 14.7. The molecule has 3 amide bonds. The van der Waals surface area contributed by atoms with E-state index in [-0.39, 0.29) is 17.2 Å². The molecule has 2 N–H and O–H groups in total. The number of ether oxygens (including phenoxy) is 1. The summed E-state index contributed by atoms with van der Waals surface area (Å²) in [5, 5.41) is 3.14. The average molecular weight is 631 g/mol. The summed E-state index contributed by atoms with van der Waals surface area (Å²) in [4.78, 5) is 56.0. The van der Waals surface area contributed by atoms with Crippen molar-refractivity contribution in [2.75, 3.05) is 16.8 Å². The van der Waals surface area contributed by atoms with Crippen LogP contribution in [0.3, 0.4) is 0 Å². The molecule has 4 aromatic rings. The number of fused-ring (bicyclic) bond motifs is 2. The molecule has 1 aromatic heterocycles. The van der Waals surface area contributed by atoms with E-state index in [0.29, 0.717) is 36.9 Å². The zero-order chi connectivity index (χ0) is 28.8. The summed E-state index contributed by atoms with van der Waals surface area (Å²) in [6.45, 7) is -0.270. The van der Waals surface area contributed by atoms with Crippen molar-refractivity contribution in [3.05, 3.63) is 103 Å². The third kappa shape index (κ3) is 5.26. The van der Waals surface area contributed by atoms with Crippen LogP contribution >= 0.6 is 46.3 Å². The number of H-pyrrole nitrogens is 1. The minimum atomic E-state index is -0.778. The van der Waals surface area contributed by atoms with Crippen molar-refractivity contribution in [2.24, 2.45) is 5.92 Å². The van der Waals surface area contributed by atoms with Crippen LogP contribution in [0.5, 0.6) is 5.75 Å². The Morgan fingerprint density at radius 2 is 1.71 bits per heavy atom. The van der Waals surface area contributed by atoms with Gasteiger partial charge in [-0.3, -0.25) is 19.2 Å².